The van der Waals surface area contributed by atoms with E-state index in [-0.39, 0.29) is 17.6 Å². The molecular formula is C21H31NO2. The van der Waals surface area contributed by atoms with Crippen LogP contribution in [0.1, 0.15) is 41.0 Å². The van der Waals surface area contributed by atoms with Gasteiger partial charge in [0.05, 0.1) is 0 Å². The molecule has 0 spiro atoms. The minimum atomic E-state index is -0.532. The summed E-state index contributed by atoms with van der Waals surface area (Å²) in [6, 6.07) is 14.2. The molecule has 0 aliphatic rings. The molecule has 132 valence electrons. The summed E-state index contributed by atoms with van der Waals surface area (Å²) in [4.78, 5) is 0. The first-order valence-corrected chi connectivity index (χ1v) is 8.69. The van der Waals surface area contributed by atoms with Gasteiger partial charge in [-0.05, 0) is 48.6 Å². The number of hydrogen-bond acceptors (Lipinski definition) is 3. The molecular weight excluding hydrogens is 298 g/mol. The van der Waals surface area contributed by atoms with Crippen molar-refractivity contribution in [1.82, 2.24) is 5.32 Å². The average molecular weight is 329 g/mol. The second-order valence-electron chi connectivity index (χ2n) is 8.48. The van der Waals surface area contributed by atoms with Crippen molar-refractivity contribution < 1.29 is 9.84 Å². The van der Waals surface area contributed by atoms with Gasteiger partial charge in [0, 0.05) is 12.1 Å². The number of nitrogens with one attached hydrogen (secondary N) is 1. The zero-order valence-electron chi connectivity index (χ0n) is 15.6. The third-order valence-electron chi connectivity index (χ3n) is 3.95. The predicted octanol–water partition coefficient (Wildman–Crippen LogP) is 4.38. The van der Waals surface area contributed by atoms with Crippen molar-refractivity contribution in [3.8, 4) is 5.75 Å². The van der Waals surface area contributed by atoms with Gasteiger partial charge in [-0.3, -0.25) is 0 Å². The Labute approximate surface area is 146 Å². The number of hydrogen-bond donors (Lipinski definition) is 2. The Bertz CT molecular complexity index is 658. The lowest BCUT2D eigenvalue weighted by Crippen LogP contribution is -2.46. The Hall–Kier alpha value is -1.58. The van der Waals surface area contributed by atoms with E-state index in [9.17, 15) is 5.11 Å². The Morgan fingerprint density at radius 1 is 1.00 bits per heavy atom. The van der Waals surface area contributed by atoms with Crippen LogP contribution in [0, 0.1) is 5.41 Å². The van der Waals surface area contributed by atoms with E-state index in [1.807, 2.05) is 30.3 Å². The molecule has 3 nitrogen and oxygen atoms in total. The average Bonchev–Trinajstić information content (AvgIpc) is 2.48. The fraction of sp³-hybridized carbons (Fsp3) is 0.524. The second-order valence-corrected chi connectivity index (χ2v) is 8.48. The maximum atomic E-state index is 10.2. The Morgan fingerprint density at radius 3 is 2.33 bits per heavy atom. The summed E-state index contributed by atoms with van der Waals surface area (Å²) in [5.74, 6) is 0.793. The van der Waals surface area contributed by atoms with Crippen LogP contribution in [0.3, 0.4) is 0 Å². The standard InChI is InChI=1S/C21H31NO2/c1-20(2,3)15-21(4,5)22-13-18(23)14-24-19-11-10-16-8-6-7-9-17(16)12-19/h6-12,18,22-23H,13-15H2,1-5H3. The van der Waals surface area contributed by atoms with Crippen LogP contribution in [0.2, 0.25) is 0 Å². The number of benzene rings is 2. The molecule has 0 heterocycles. The molecule has 24 heavy (non-hydrogen) atoms. The largest absolute Gasteiger partial charge is 0.491 e. The zero-order chi connectivity index (χ0) is 17.8. The predicted molar refractivity (Wildman–Crippen MR) is 102 cm³/mol. The van der Waals surface area contributed by atoms with E-state index in [1.165, 1.54) is 5.39 Å². The lowest BCUT2D eigenvalue weighted by molar-refractivity contribution is 0.0945. The molecule has 2 N–H and O–H groups in total. The van der Waals surface area contributed by atoms with Crippen LogP contribution in [0.15, 0.2) is 42.5 Å². The van der Waals surface area contributed by atoms with Gasteiger partial charge in [0.25, 0.3) is 0 Å². The van der Waals surface area contributed by atoms with E-state index < -0.39 is 6.10 Å². The molecule has 0 saturated heterocycles. The van der Waals surface area contributed by atoms with E-state index in [2.05, 4.69) is 52.1 Å². The van der Waals surface area contributed by atoms with Gasteiger partial charge < -0.3 is 15.2 Å². The van der Waals surface area contributed by atoms with Crippen LogP contribution in [-0.2, 0) is 0 Å². The molecule has 0 radical (unpaired) electrons. The highest BCUT2D eigenvalue weighted by atomic mass is 16.5. The van der Waals surface area contributed by atoms with Crippen LogP contribution >= 0.6 is 0 Å². The topological polar surface area (TPSA) is 41.5 Å². The van der Waals surface area contributed by atoms with Gasteiger partial charge in [-0.1, -0.05) is 51.1 Å². The Kier molecular flexibility index (Phi) is 5.89. The maximum absolute atomic E-state index is 10.2. The monoisotopic (exact) mass is 329 g/mol. The van der Waals surface area contributed by atoms with Crippen LogP contribution in [0.5, 0.6) is 5.75 Å². The summed E-state index contributed by atoms with van der Waals surface area (Å²) in [5.41, 5.74) is 0.241. The molecule has 2 aromatic rings. The van der Waals surface area contributed by atoms with Crippen LogP contribution in [0.4, 0.5) is 0 Å². The van der Waals surface area contributed by atoms with Crippen molar-refractivity contribution in [3.05, 3.63) is 42.5 Å². The fourth-order valence-corrected chi connectivity index (χ4v) is 3.29. The van der Waals surface area contributed by atoms with Gasteiger partial charge in [-0.2, -0.15) is 0 Å². The minimum absolute atomic E-state index is 0.0117. The van der Waals surface area contributed by atoms with Crippen molar-refractivity contribution in [2.45, 2.75) is 52.7 Å². The van der Waals surface area contributed by atoms with E-state index in [0.29, 0.717) is 6.54 Å². The first-order valence-electron chi connectivity index (χ1n) is 8.69. The first-order chi connectivity index (χ1) is 11.1. The van der Waals surface area contributed by atoms with Gasteiger partial charge >= 0.3 is 0 Å². The minimum Gasteiger partial charge on any atom is -0.491 e. The van der Waals surface area contributed by atoms with Gasteiger partial charge in [-0.15, -0.1) is 0 Å². The Balaban J connectivity index is 1.82. The summed E-state index contributed by atoms with van der Waals surface area (Å²) in [5, 5.41) is 16.0. The normalized spacial score (nSPS) is 13.9. The molecule has 0 fully saturated rings. The number of β-amino-alcohol motifs (C(OH)–C–C–N with tert-alkyl or cyclic N) is 1. The van der Waals surface area contributed by atoms with Crippen molar-refractivity contribution >= 4 is 10.8 Å². The van der Waals surface area contributed by atoms with Gasteiger partial charge in [0.15, 0.2) is 0 Å². The summed E-state index contributed by atoms with van der Waals surface area (Å²) in [7, 11) is 0. The van der Waals surface area contributed by atoms with Crippen molar-refractivity contribution in [1.29, 1.82) is 0 Å². The summed E-state index contributed by atoms with van der Waals surface area (Å²) in [6.07, 6.45) is 0.508. The van der Waals surface area contributed by atoms with Crippen molar-refractivity contribution in [3.63, 3.8) is 0 Å². The van der Waals surface area contributed by atoms with Gasteiger partial charge in [0.1, 0.15) is 18.5 Å². The van der Waals surface area contributed by atoms with Gasteiger partial charge in [-0.25, -0.2) is 0 Å². The molecule has 0 aromatic heterocycles. The highest BCUT2D eigenvalue weighted by Crippen LogP contribution is 2.26. The summed E-state index contributed by atoms with van der Waals surface area (Å²) in [6.45, 7) is 11.9. The van der Waals surface area contributed by atoms with E-state index >= 15 is 0 Å². The third-order valence-corrected chi connectivity index (χ3v) is 3.95. The molecule has 1 unspecified atom stereocenters. The molecule has 2 aromatic carbocycles. The lowest BCUT2D eigenvalue weighted by atomic mass is 9.82. The van der Waals surface area contributed by atoms with Crippen molar-refractivity contribution in [2.24, 2.45) is 5.41 Å². The highest BCUT2D eigenvalue weighted by Gasteiger charge is 2.25. The van der Waals surface area contributed by atoms with Crippen LogP contribution in [-0.4, -0.2) is 29.9 Å². The van der Waals surface area contributed by atoms with Gasteiger partial charge in [0.2, 0.25) is 0 Å². The second kappa shape index (κ2) is 7.54. The Morgan fingerprint density at radius 2 is 1.67 bits per heavy atom. The van der Waals surface area contributed by atoms with E-state index in [1.54, 1.807) is 0 Å². The zero-order valence-corrected chi connectivity index (χ0v) is 15.6. The summed E-state index contributed by atoms with van der Waals surface area (Å²) < 4.78 is 5.75. The van der Waals surface area contributed by atoms with Crippen molar-refractivity contribution in [2.75, 3.05) is 13.2 Å². The van der Waals surface area contributed by atoms with Crippen LogP contribution in [0.25, 0.3) is 10.8 Å². The number of ether oxygens (including phenoxy) is 1. The SMILES string of the molecule is CC(C)(C)CC(C)(C)NCC(O)COc1ccc2ccccc2c1. The van der Waals surface area contributed by atoms with Crippen LogP contribution < -0.4 is 10.1 Å². The molecule has 0 amide bonds. The lowest BCUT2D eigenvalue weighted by Gasteiger charge is -2.34. The van der Waals surface area contributed by atoms with E-state index in [0.717, 1.165) is 17.6 Å². The van der Waals surface area contributed by atoms with E-state index in [4.69, 9.17) is 4.74 Å². The molecule has 2 rings (SSSR count). The number of aliphatic hydroxyl groups is 1. The molecule has 1 atom stereocenters. The molecule has 0 bridgehead atoms. The quantitative estimate of drug-likeness (QED) is 0.792. The molecule has 0 saturated carbocycles. The number of fused-ring (bicyclic) bond motifs is 1. The molecule has 0 aliphatic heterocycles. The smallest absolute Gasteiger partial charge is 0.120 e. The molecule has 0 aliphatic carbocycles. The third kappa shape index (κ3) is 6.14. The fourth-order valence-electron chi connectivity index (χ4n) is 3.29. The molecule has 3 heteroatoms. The summed E-state index contributed by atoms with van der Waals surface area (Å²) >= 11 is 0. The highest BCUT2D eigenvalue weighted by molar-refractivity contribution is 5.83. The number of aliphatic hydroxyl groups excluding tert-OH is 1. The number of rotatable bonds is 7. The maximum Gasteiger partial charge on any atom is 0.120 e. The first kappa shape index (κ1) is 18.8.